The fourth-order valence-corrected chi connectivity index (χ4v) is 2.70. The maximum Gasteiger partial charge on any atom is 0.418 e. The van der Waals surface area contributed by atoms with Crippen LogP contribution >= 0.6 is 0 Å². The first kappa shape index (κ1) is 20.5. The molecular formula is C17H21F3N4O3. The van der Waals surface area contributed by atoms with Gasteiger partial charge in [-0.1, -0.05) is 0 Å². The summed E-state index contributed by atoms with van der Waals surface area (Å²) in [5, 5.41) is 7.10. The highest BCUT2D eigenvalue weighted by molar-refractivity contribution is 5.89. The summed E-state index contributed by atoms with van der Waals surface area (Å²) < 4.78 is 39.6. The number of amides is 3. The van der Waals surface area contributed by atoms with Crippen LogP contribution in [0.5, 0.6) is 0 Å². The molecule has 3 N–H and O–H groups in total. The molecule has 10 heteroatoms. The number of anilines is 2. The molecule has 1 aliphatic heterocycles. The van der Waals surface area contributed by atoms with Crippen molar-refractivity contribution < 1.29 is 27.6 Å². The van der Waals surface area contributed by atoms with Crippen molar-refractivity contribution in [3.63, 3.8) is 0 Å². The normalized spacial score (nSPS) is 14.0. The lowest BCUT2D eigenvalue weighted by Gasteiger charge is -2.17. The summed E-state index contributed by atoms with van der Waals surface area (Å²) in [6.45, 7) is 1.89. The van der Waals surface area contributed by atoms with Gasteiger partial charge in [0.2, 0.25) is 17.7 Å². The van der Waals surface area contributed by atoms with E-state index in [9.17, 15) is 27.6 Å². The maximum absolute atomic E-state index is 13.2. The quantitative estimate of drug-likeness (QED) is 0.696. The molecule has 1 heterocycles. The zero-order chi connectivity index (χ0) is 20.0. The second-order valence-corrected chi connectivity index (χ2v) is 6.16. The molecular weight excluding hydrogens is 365 g/mol. The summed E-state index contributed by atoms with van der Waals surface area (Å²) >= 11 is 0. The van der Waals surface area contributed by atoms with E-state index in [1.807, 2.05) is 0 Å². The van der Waals surface area contributed by atoms with Crippen molar-refractivity contribution in [3.05, 3.63) is 23.8 Å². The number of halogens is 3. The van der Waals surface area contributed by atoms with E-state index in [0.717, 1.165) is 25.0 Å². The number of nitrogens with zero attached hydrogens (tertiary/aromatic N) is 1. The molecule has 148 valence electrons. The molecule has 0 bridgehead atoms. The lowest BCUT2D eigenvalue weighted by atomic mass is 10.1. The predicted octanol–water partition coefficient (Wildman–Crippen LogP) is 1.81. The molecule has 7 nitrogen and oxygen atoms in total. The predicted molar refractivity (Wildman–Crippen MR) is 93.1 cm³/mol. The van der Waals surface area contributed by atoms with E-state index in [-0.39, 0.29) is 23.8 Å². The highest BCUT2D eigenvalue weighted by atomic mass is 19.4. The Labute approximate surface area is 154 Å². The van der Waals surface area contributed by atoms with Gasteiger partial charge in [0, 0.05) is 31.4 Å². The Hall–Kier alpha value is -2.78. The second-order valence-electron chi connectivity index (χ2n) is 6.16. The summed E-state index contributed by atoms with van der Waals surface area (Å²) in [6.07, 6.45) is -2.81. The Kier molecular flexibility index (Phi) is 6.65. The van der Waals surface area contributed by atoms with Crippen molar-refractivity contribution >= 4 is 29.1 Å². The molecule has 1 fully saturated rings. The van der Waals surface area contributed by atoms with Gasteiger partial charge in [0.15, 0.2) is 0 Å². The zero-order valence-electron chi connectivity index (χ0n) is 14.8. The highest BCUT2D eigenvalue weighted by Gasteiger charge is 2.34. The summed E-state index contributed by atoms with van der Waals surface area (Å²) in [5.74, 6) is -1.30. The van der Waals surface area contributed by atoms with Crippen LogP contribution in [-0.4, -0.2) is 48.8 Å². The van der Waals surface area contributed by atoms with E-state index in [1.54, 1.807) is 4.90 Å². The summed E-state index contributed by atoms with van der Waals surface area (Å²) in [4.78, 5) is 36.3. The van der Waals surface area contributed by atoms with Crippen LogP contribution in [0.25, 0.3) is 0 Å². The standard InChI is InChI=1S/C17H21F3N4O3/c1-11(25)23-12-4-5-14(13(8-12)17(18,19)20)21-9-15(26)22-10-16(27)24-6-2-3-7-24/h4-5,8,21H,2-3,6-7,9-10H2,1H3,(H,22,26)(H,23,25). The van der Waals surface area contributed by atoms with Gasteiger partial charge in [-0.3, -0.25) is 14.4 Å². The molecule has 0 unspecified atom stereocenters. The largest absolute Gasteiger partial charge is 0.418 e. The summed E-state index contributed by atoms with van der Waals surface area (Å²) in [5.41, 5.74) is -1.30. The van der Waals surface area contributed by atoms with Crippen molar-refractivity contribution in [1.82, 2.24) is 10.2 Å². The third kappa shape index (κ3) is 6.15. The van der Waals surface area contributed by atoms with Gasteiger partial charge in [-0.05, 0) is 31.0 Å². The number of carbonyl (C=O) groups is 3. The van der Waals surface area contributed by atoms with Crippen LogP contribution in [0.1, 0.15) is 25.3 Å². The molecule has 1 aromatic carbocycles. The maximum atomic E-state index is 13.2. The number of likely N-dealkylation sites (tertiary alicyclic amines) is 1. The van der Waals surface area contributed by atoms with Gasteiger partial charge >= 0.3 is 6.18 Å². The van der Waals surface area contributed by atoms with E-state index in [2.05, 4.69) is 16.0 Å². The van der Waals surface area contributed by atoms with Crippen molar-refractivity contribution in [3.8, 4) is 0 Å². The van der Waals surface area contributed by atoms with Crippen LogP contribution in [-0.2, 0) is 20.6 Å². The smallest absolute Gasteiger partial charge is 0.376 e. The molecule has 3 amide bonds. The molecule has 0 saturated carbocycles. The molecule has 2 rings (SSSR count). The Morgan fingerprint density at radius 2 is 1.78 bits per heavy atom. The molecule has 27 heavy (non-hydrogen) atoms. The molecule has 0 aromatic heterocycles. The summed E-state index contributed by atoms with van der Waals surface area (Å²) in [6, 6.07) is 3.23. The van der Waals surface area contributed by atoms with Crippen LogP contribution in [0.4, 0.5) is 24.5 Å². The average molecular weight is 386 g/mol. The van der Waals surface area contributed by atoms with Crippen LogP contribution in [0, 0.1) is 0 Å². The molecule has 0 aliphatic carbocycles. The first-order valence-corrected chi connectivity index (χ1v) is 8.44. The van der Waals surface area contributed by atoms with Gasteiger partial charge in [-0.25, -0.2) is 0 Å². The number of hydrogen-bond donors (Lipinski definition) is 3. The van der Waals surface area contributed by atoms with Crippen molar-refractivity contribution in [2.45, 2.75) is 25.9 Å². The first-order valence-electron chi connectivity index (χ1n) is 8.44. The minimum Gasteiger partial charge on any atom is -0.376 e. The van der Waals surface area contributed by atoms with Crippen molar-refractivity contribution in [2.24, 2.45) is 0 Å². The van der Waals surface area contributed by atoms with Gasteiger partial charge in [0.05, 0.1) is 18.7 Å². The van der Waals surface area contributed by atoms with E-state index in [4.69, 9.17) is 0 Å². The van der Waals surface area contributed by atoms with Gasteiger partial charge < -0.3 is 20.9 Å². The Morgan fingerprint density at radius 3 is 2.37 bits per heavy atom. The number of rotatable bonds is 6. The van der Waals surface area contributed by atoms with E-state index < -0.39 is 30.1 Å². The molecule has 1 aromatic rings. The van der Waals surface area contributed by atoms with E-state index in [0.29, 0.717) is 13.1 Å². The van der Waals surface area contributed by atoms with Crippen LogP contribution in [0.15, 0.2) is 18.2 Å². The van der Waals surface area contributed by atoms with Gasteiger partial charge in [-0.15, -0.1) is 0 Å². The Bertz CT molecular complexity index is 716. The molecule has 1 aliphatic rings. The van der Waals surface area contributed by atoms with Crippen LogP contribution in [0.2, 0.25) is 0 Å². The van der Waals surface area contributed by atoms with Crippen molar-refractivity contribution in [1.29, 1.82) is 0 Å². The number of carbonyl (C=O) groups excluding carboxylic acids is 3. The Balaban J connectivity index is 1.94. The number of alkyl halides is 3. The molecule has 0 radical (unpaired) electrons. The van der Waals surface area contributed by atoms with E-state index >= 15 is 0 Å². The zero-order valence-corrected chi connectivity index (χ0v) is 14.8. The lowest BCUT2D eigenvalue weighted by Crippen LogP contribution is -2.40. The highest BCUT2D eigenvalue weighted by Crippen LogP contribution is 2.36. The lowest BCUT2D eigenvalue weighted by molar-refractivity contribution is -0.137. The minimum absolute atomic E-state index is 0.000960. The Morgan fingerprint density at radius 1 is 1.11 bits per heavy atom. The van der Waals surface area contributed by atoms with Gasteiger partial charge in [0.25, 0.3) is 0 Å². The molecule has 0 spiro atoms. The number of benzene rings is 1. The average Bonchev–Trinajstić information content (AvgIpc) is 3.11. The van der Waals surface area contributed by atoms with Crippen molar-refractivity contribution in [2.75, 3.05) is 36.8 Å². The SMILES string of the molecule is CC(=O)Nc1ccc(NCC(=O)NCC(=O)N2CCCC2)c(C(F)(F)F)c1. The van der Waals surface area contributed by atoms with Gasteiger partial charge in [-0.2, -0.15) is 13.2 Å². The first-order chi connectivity index (χ1) is 12.7. The third-order valence-corrected chi connectivity index (χ3v) is 3.98. The second kappa shape index (κ2) is 8.74. The number of nitrogens with one attached hydrogen (secondary N) is 3. The van der Waals surface area contributed by atoms with Crippen LogP contribution in [0.3, 0.4) is 0 Å². The monoisotopic (exact) mass is 386 g/mol. The molecule has 1 saturated heterocycles. The summed E-state index contributed by atoms with van der Waals surface area (Å²) in [7, 11) is 0. The van der Waals surface area contributed by atoms with Gasteiger partial charge in [0.1, 0.15) is 0 Å². The molecule has 0 atom stereocenters. The fraction of sp³-hybridized carbons (Fsp3) is 0.471. The third-order valence-electron chi connectivity index (χ3n) is 3.98. The van der Waals surface area contributed by atoms with E-state index in [1.165, 1.54) is 13.0 Å². The van der Waals surface area contributed by atoms with Crippen LogP contribution < -0.4 is 16.0 Å². The minimum atomic E-state index is -4.67. The topological polar surface area (TPSA) is 90.5 Å². The fourth-order valence-electron chi connectivity index (χ4n) is 2.70. The number of hydrogen-bond acceptors (Lipinski definition) is 4.